The lowest BCUT2D eigenvalue weighted by Gasteiger charge is -2.28. The molecule has 0 aliphatic heterocycles. The normalized spacial score (nSPS) is 16.1. The van der Waals surface area contributed by atoms with E-state index in [1.54, 1.807) is 6.20 Å². The summed E-state index contributed by atoms with van der Waals surface area (Å²) in [5.41, 5.74) is 5.48. The second kappa shape index (κ2) is 8.78. The Hall–Kier alpha value is -0.500. The first-order valence-electron chi connectivity index (χ1n) is 6.23. The van der Waals surface area contributed by atoms with Crippen LogP contribution < -0.4 is 11.1 Å². The van der Waals surface area contributed by atoms with Gasteiger partial charge >= 0.3 is 0 Å². The molecule has 2 nitrogen and oxygen atoms in total. The maximum absolute atomic E-state index is 5.48. The molecule has 0 aromatic carbocycles. The van der Waals surface area contributed by atoms with Crippen molar-refractivity contribution in [3.05, 3.63) is 12.3 Å². The highest BCUT2D eigenvalue weighted by atomic mass is 14.9. The topological polar surface area (TPSA) is 38.0 Å². The molecule has 0 saturated carbocycles. The first-order valence-corrected chi connectivity index (χ1v) is 6.23. The van der Waals surface area contributed by atoms with Gasteiger partial charge in [-0.15, -0.1) is 0 Å². The average molecular weight is 212 g/mol. The van der Waals surface area contributed by atoms with E-state index in [-0.39, 0.29) is 0 Å². The van der Waals surface area contributed by atoms with Crippen molar-refractivity contribution < 1.29 is 0 Å². The molecular formula is C13H28N2. The molecule has 0 aliphatic rings. The van der Waals surface area contributed by atoms with E-state index in [0.717, 1.165) is 0 Å². The van der Waals surface area contributed by atoms with Crippen molar-refractivity contribution in [3.8, 4) is 0 Å². The van der Waals surface area contributed by atoms with Crippen molar-refractivity contribution in [1.82, 2.24) is 5.32 Å². The van der Waals surface area contributed by atoms with Crippen molar-refractivity contribution in [2.24, 2.45) is 17.6 Å². The fourth-order valence-corrected chi connectivity index (χ4v) is 2.13. The third kappa shape index (κ3) is 5.83. The Bertz CT molecular complexity index is 164. The van der Waals surface area contributed by atoms with Crippen LogP contribution in [0.5, 0.6) is 0 Å². The zero-order valence-corrected chi connectivity index (χ0v) is 10.8. The van der Waals surface area contributed by atoms with E-state index < -0.39 is 0 Å². The molecule has 0 spiro atoms. The fourth-order valence-electron chi connectivity index (χ4n) is 2.13. The van der Waals surface area contributed by atoms with Crippen molar-refractivity contribution in [3.63, 3.8) is 0 Å². The van der Waals surface area contributed by atoms with E-state index in [4.69, 9.17) is 5.73 Å². The number of likely N-dealkylation sites (N-methyl/N-ethyl adjacent to an activating group) is 1. The molecule has 0 rings (SSSR count). The van der Waals surface area contributed by atoms with E-state index >= 15 is 0 Å². The van der Waals surface area contributed by atoms with E-state index in [0.29, 0.717) is 17.9 Å². The summed E-state index contributed by atoms with van der Waals surface area (Å²) in [7, 11) is 2.01. The van der Waals surface area contributed by atoms with Crippen LogP contribution in [0, 0.1) is 11.8 Å². The molecule has 3 N–H and O–H groups in total. The van der Waals surface area contributed by atoms with Crippen LogP contribution in [-0.4, -0.2) is 13.1 Å². The largest absolute Gasteiger partial charge is 0.405 e. The number of nitrogens with one attached hydrogen (secondary N) is 1. The quantitative estimate of drug-likeness (QED) is 0.607. The van der Waals surface area contributed by atoms with Crippen LogP contribution in [0.25, 0.3) is 0 Å². The van der Waals surface area contributed by atoms with Gasteiger partial charge < -0.3 is 11.1 Å². The lowest BCUT2D eigenvalue weighted by Crippen LogP contribution is -2.35. The predicted molar refractivity (Wildman–Crippen MR) is 68.6 cm³/mol. The third-order valence-corrected chi connectivity index (χ3v) is 3.11. The molecule has 1 unspecified atom stereocenters. The highest BCUT2D eigenvalue weighted by Crippen LogP contribution is 2.23. The molecule has 15 heavy (non-hydrogen) atoms. The second-order valence-corrected chi connectivity index (χ2v) is 4.60. The lowest BCUT2D eigenvalue weighted by molar-refractivity contribution is 0.294. The molecule has 0 aromatic heterocycles. The van der Waals surface area contributed by atoms with Crippen LogP contribution in [0.15, 0.2) is 12.3 Å². The summed E-state index contributed by atoms with van der Waals surface area (Å²) in [6.45, 7) is 6.84. The maximum Gasteiger partial charge on any atom is 0.0294 e. The minimum Gasteiger partial charge on any atom is -0.405 e. The van der Waals surface area contributed by atoms with Crippen LogP contribution >= 0.6 is 0 Å². The molecule has 0 radical (unpaired) electrons. The SMILES string of the molecule is CCCCC[C@@H](C(C)C)C(/C=C\N)NC. The summed E-state index contributed by atoms with van der Waals surface area (Å²) >= 11 is 0. The smallest absolute Gasteiger partial charge is 0.0294 e. The van der Waals surface area contributed by atoms with Gasteiger partial charge in [-0.3, -0.25) is 0 Å². The van der Waals surface area contributed by atoms with Gasteiger partial charge in [0.05, 0.1) is 0 Å². The lowest BCUT2D eigenvalue weighted by atomic mass is 9.84. The van der Waals surface area contributed by atoms with Crippen molar-refractivity contribution >= 4 is 0 Å². The molecular weight excluding hydrogens is 184 g/mol. The highest BCUT2D eigenvalue weighted by molar-refractivity contribution is 4.94. The Morgan fingerprint density at radius 1 is 1.27 bits per heavy atom. The summed E-state index contributed by atoms with van der Waals surface area (Å²) in [6, 6.07) is 0.423. The summed E-state index contributed by atoms with van der Waals surface area (Å²) < 4.78 is 0. The molecule has 0 amide bonds. The second-order valence-electron chi connectivity index (χ2n) is 4.60. The zero-order valence-electron chi connectivity index (χ0n) is 10.8. The Balaban J connectivity index is 4.21. The van der Waals surface area contributed by atoms with Gasteiger partial charge in [0.25, 0.3) is 0 Å². The van der Waals surface area contributed by atoms with Crippen molar-refractivity contribution in [2.45, 2.75) is 52.5 Å². The van der Waals surface area contributed by atoms with Gasteiger partial charge in [-0.1, -0.05) is 46.1 Å². The van der Waals surface area contributed by atoms with Gasteiger partial charge in [-0.2, -0.15) is 0 Å². The summed E-state index contributed by atoms with van der Waals surface area (Å²) in [6.07, 6.45) is 9.00. The average Bonchev–Trinajstić information content (AvgIpc) is 2.21. The zero-order chi connectivity index (χ0) is 11.7. The van der Waals surface area contributed by atoms with E-state index in [1.807, 2.05) is 7.05 Å². The summed E-state index contributed by atoms with van der Waals surface area (Å²) in [5, 5.41) is 3.34. The van der Waals surface area contributed by atoms with Crippen molar-refractivity contribution in [2.75, 3.05) is 7.05 Å². The van der Waals surface area contributed by atoms with Gasteiger partial charge in [0.2, 0.25) is 0 Å². The summed E-state index contributed by atoms with van der Waals surface area (Å²) in [4.78, 5) is 0. The van der Waals surface area contributed by atoms with E-state index in [2.05, 4.69) is 32.2 Å². The van der Waals surface area contributed by atoms with Crippen LogP contribution in [-0.2, 0) is 0 Å². The first-order chi connectivity index (χ1) is 7.17. The Labute approximate surface area is 95.3 Å². The molecule has 90 valence electrons. The van der Waals surface area contributed by atoms with Crippen LogP contribution in [0.2, 0.25) is 0 Å². The monoisotopic (exact) mass is 212 g/mol. The minimum absolute atomic E-state index is 0.423. The molecule has 0 heterocycles. The molecule has 2 heteroatoms. The van der Waals surface area contributed by atoms with Crippen LogP contribution in [0.1, 0.15) is 46.5 Å². The Morgan fingerprint density at radius 2 is 1.93 bits per heavy atom. The van der Waals surface area contributed by atoms with E-state index in [9.17, 15) is 0 Å². The van der Waals surface area contributed by atoms with Crippen molar-refractivity contribution in [1.29, 1.82) is 0 Å². The standard InChI is InChI=1S/C13H28N2/c1-5-6-7-8-12(11(2)3)13(15-4)9-10-14/h9-13,15H,5-8,14H2,1-4H3/b10-9-/t12-,13?/m0/s1. The fraction of sp³-hybridized carbons (Fsp3) is 0.846. The minimum atomic E-state index is 0.423. The highest BCUT2D eigenvalue weighted by Gasteiger charge is 2.20. The van der Waals surface area contributed by atoms with Gasteiger partial charge in [0.15, 0.2) is 0 Å². The number of rotatable bonds is 8. The summed E-state index contributed by atoms with van der Waals surface area (Å²) in [5.74, 6) is 1.40. The van der Waals surface area contributed by atoms with Gasteiger partial charge in [0, 0.05) is 6.04 Å². The first kappa shape index (κ1) is 14.5. The van der Waals surface area contributed by atoms with Gasteiger partial charge in [0.1, 0.15) is 0 Å². The number of hydrogen-bond acceptors (Lipinski definition) is 2. The number of unbranched alkanes of at least 4 members (excludes halogenated alkanes) is 2. The predicted octanol–water partition coefficient (Wildman–Crippen LogP) is 2.90. The molecule has 0 aromatic rings. The molecule has 0 aliphatic carbocycles. The maximum atomic E-state index is 5.48. The van der Waals surface area contributed by atoms with E-state index in [1.165, 1.54) is 25.7 Å². The van der Waals surface area contributed by atoms with Gasteiger partial charge in [-0.25, -0.2) is 0 Å². The molecule has 2 atom stereocenters. The number of nitrogens with two attached hydrogens (primary N) is 1. The Morgan fingerprint density at radius 3 is 2.33 bits per heavy atom. The van der Waals surface area contributed by atoms with Crippen LogP contribution in [0.4, 0.5) is 0 Å². The molecule has 0 fully saturated rings. The van der Waals surface area contributed by atoms with Crippen LogP contribution in [0.3, 0.4) is 0 Å². The molecule has 0 saturated heterocycles. The van der Waals surface area contributed by atoms with Gasteiger partial charge in [-0.05, 0) is 31.5 Å². The third-order valence-electron chi connectivity index (χ3n) is 3.11. The molecule has 0 bridgehead atoms. The Kier molecular flexibility index (Phi) is 8.49. The number of hydrogen-bond donors (Lipinski definition) is 2.